The van der Waals surface area contributed by atoms with Crippen LogP contribution in [0.5, 0.6) is 11.5 Å². The molecule has 0 bridgehead atoms. The maximum absolute atomic E-state index is 9.64. The standard InChI is InChI=1S/C12H12N2O2/c13-7-1-3-9-10(4-2-8-14)12(16)6-5-11(9)15/h5-6,15-16H,1-4H2. The van der Waals surface area contributed by atoms with E-state index in [4.69, 9.17) is 10.5 Å². The van der Waals surface area contributed by atoms with Gasteiger partial charge < -0.3 is 10.2 Å². The quantitative estimate of drug-likeness (QED) is 0.753. The Bertz CT molecular complexity index is 412. The van der Waals surface area contributed by atoms with Crippen LogP contribution in [0.15, 0.2) is 12.1 Å². The normalized spacial score (nSPS) is 9.38. The minimum Gasteiger partial charge on any atom is -0.508 e. The van der Waals surface area contributed by atoms with Gasteiger partial charge in [0.15, 0.2) is 0 Å². The Kier molecular flexibility index (Phi) is 4.17. The van der Waals surface area contributed by atoms with Gasteiger partial charge in [-0.2, -0.15) is 10.5 Å². The molecule has 0 fully saturated rings. The van der Waals surface area contributed by atoms with E-state index >= 15 is 0 Å². The van der Waals surface area contributed by atoms with Gasteiger partial charge in [-0.25, -0.2) is 0 Å². The molecule has 0 saturated heterocycles. The summed E-state index contributed by atoms with van der Waals surface area (Å²) in [7, 11) is 0. The fourth-order valence-electron chi connectivity index (χ4n) is 1.59. The van der Waals surface area contributed by atoms with E-state index in [1.165, 1.54) is 12.1 Å². The van der Waals surface area contributed by atoms with Crippen molar-refractivity contribution in [1.82, 2.24) is 0 Å². The number of phenols is 2. The zero-order chi connectivity index (χ0) is 12.0. The van der Waals surface area contributed by atoms with Gasteiger partial charge in [-0.3, -0.25) is 0 Å². The second-order valence-electron chi connectivity index (χ2n) is 3.38. The average Bonchev–Trinajstić information content (AvgIpc) is 2.29. The van der Waals surface area contributed by atoms with E-state index in [0.717, 1.165) is 0 Å². The second kappa shape index (κ2) is 5.63. The summed E-state index contributed by atoms with van der Waals surface area (Å²) in [5, 5.41) is 36.3. The lowest BCUT2D eigenvalue weighted by atomic mass is 9.97. The molecule has 1 rings (SSSR count). The first-order valence-corrected chi connectivity index (χ1v) is 4.97. The van der Waals surface area contributed by atoms with Crippen molar-refractivity contribution in [2.75, 3.05) is 0 Å². The highest BCUT2D eigenvalue weighted by Crippen LogP contribution is 2.30. The monoisotopic (exact) mass is 216 g/mol. The maximum atomic E-state index is 9.64. The molecule has 0 heterocycles. The number of hydrogen-bond donors (Lipinski definition) is 2. The number of hydrogen-bond acceptors (Lipinski definition) is 4. The summed E-state index contributed by atoms with van der Waals surface area (Å²) in [5.41, 5.74) is 1.13. The number of benzene rings is 1. The molecule has 0 radical (unpaired) electrons. The minimum absolute atomic E-state index is 0.0704. The van der Waals surface area contributed by atoms with Gasteiger partial charge in [0.1, 0.15) is 11.5 Å². The fourth-order valence-corrected chi connectivity index (χ4v) is 1.59. The van der Waals surface area contributed by atoms with Crippen LogP contribution in [0.2, 0.25) is 0 Å². The first kappa shape index (κ1) is 11.9. The zero-order valence-corrected chi connectivity index (χ0v) is 8.77. The van der Waals surface area contributed by atoms with E-state index < -0.39 is 0 Å². The van der Waals surface area contributed by atoms with Crippen molar-refractivity contribution in [2.24, 2.45) is 0 Å². The van der Waals surface area contributed by atoms with Crippen molar-refractivity contribution < 1.29 is 10.2 Å². The van der Waals surface area contributed by atoms with Crippen LogP contribution in [-0.4, -0.2) is 10.2 Å². The van der Waals surface area contributed by atoms with E-state index in [-0.39, 0.29) is 24.3 Å². The molecule has 4 nitrogen and oxygen atoms in total. The highest BCUT2D eigenvalue weighted by atomic mass is 16.3. The Morgan fingerprint density at radius 2 is 1.25 bits per heavy atom. The lowest BCUT2D eigenvalue weighted by molar-refractivity contribution is 0.448. The molecule has 82 valence electrons. The number of nitrogens with zero attached hydrogens (tertiary/aromatic N) is 2. The van der Waals surface area contributed by atoms with Crippen LogP contribution in [0.3, 0.4) is 0 Å². The molecule has 0 unspecified atom stereocenters. The van der Waals surface area contributed by atoms with Crippen LogP contribution < -0.4 is 0 Å². The molecule has 0 amide bonds. The van der Waals surface area contributed by atoms with Gasteiger partial charge in [-0.05, 0) is 25.0 Å². The number of nitriles is 2. The first-order chi connectivity index (χ1) is 7.70. The Hall–Kier alpha value is -2.20. The van der Waals surface area contributed by atoms with Gasteiger partial charge >= 0.3 is 0 Å². The van der Waals surface area contributed by atoms with E-state index in [9.17, 15) is 10.2 Å². The van der Waals surface area contributed by atoms with Gasteiger partial charge in [-0.1, -0.05) is 0 Å². The summed E-state index contributed by atoms with van der Waals surface area (Å²) in [5.74, 6) is 0.141. The molecule has 0 saturated carbocycles. The maximum Gasteiger partial charge on any atom is 0.119 e. The van der Waals surface area contributed by atoms with Crippen molar-refractivity contribution in [3.05, 3.63) is 23.3 Å². The van der Waals surface area contributed by atoms with Crippen molar-refractivity contribution in [1.29, 1.82) is 10.5 Å². The number of phenolic OH excluding ortho intramolecular Hbond substituents is 2. The van der Waals surface area contributed by atoms with E-state index in [2.05, 4.69) is 0 Å². The summed E-state index contributed by atoms with van der Waals surface area (Å²) < 4.78 is 0. The van der Waals surface area contributed by atoms with Crippen LogP contribution in [0.25, 0.3) is 0 Å². The highest BCUT2D eigenvalue weighted by molar-refractivity contribution is 5.47. The molecule has 2 N–H and O–H groups in total. The van der Waals surface area contributed by atoms with Crippen LogP contribution in [0, 0.1) is 22.7 Å². The highest BCUT2D eigenvalue weighted by Gasteiger charge is 2.12. The molecule has 0 aliphatic carbocycles. The Labute approximate surface area is 94.0 Å². The SMILES string of the molecule is N#CCCc1c(O)ccc(O)c1CCC#N. The average molecular weight is 216 g/mol. The third-order valence-corrected chi connectivity index (χ3v) is 2.36. The lowest BCUT2D eigenvalue weighted by Gasteiger charge is -2.11. The van der Waals surface area contributed by atoms with E-state index in [1.807, 2.05) is 12.1 Å². The third-order valence-electron chi connectivity index (χ3n) is 2.36. The van der Waals surface area contributed by atoms with Crippen LogP contribution in [-0.2, 0) is 12.8 Å². The smallest absolute Gasteiger partial charge is 0.119 e. The van der Waals surface area contributed by atoms with Gasteiger partial charge in [0.05, 0.1) is 12.1 Å². The fraction of sp³-hybridized carbons (Fsp3) is 0.333. The Morgan fingerprint density at radius 1 is 0.875 bits per heavy atom. The Balaban J connectivity index is 3.06. The van der Waals surface area contributed by atoms with Crippen LogP contribution in [0.1, 0.15) is 24.0 Å². The molecular formula is C12H12N2O2. The number of rotatable bonds is 4. The molecule has 4 heteroatoms. The van der Waals surface area contributed by atoms with E-state index in [0.29, 0.717) is 24.0 Å². The number of aromatic hydroxyl groups is 2. The summed E-state index contributed by atoms with van der Waals surface area (Å²) in [4.78, 5) is 0. The summed E-state index contributed by atoms with van der Waals surface area (Å²) in [6.45, 7) is 0. The largest absolute Gasteiger partial charge is 0.508 e. The summed E-state index contributed by atoms with van der Waals surface area (Å²) in [6, 6.07) is 6.78. The molecule has 0 aliphatic heterocycles. The minimum atomic E-state index is 0.0704. The van der Waals surface area contributed by atoms with E-state index in [1.54, 1.807) is 0 Å². The van der Waals surface area contributed by atoms with Gasteiger partial charge in [0.2, 0.25) is 0 Å². The first-order valence-electron chi connectivity index (χ1n) is 4.97. The molecule has 16 heavy (non-hydrogen) atoms. The molecule has 0 spiro atoms. The van der Waals surface area contributed by atoms with Gasteiger partial charge in [-0.15, -0.1) is 0 Å². The lowest BCUT2D eigenvalue weighted by Crippen LogP contribution is -1.96. The van der Waals surface area contributed by atoms with Crippen molar-refractivity contribution in [3.63, 3.8) is 0 Å². The van der Waals surface area contributed by atoms with Crippen LogP contribution in [0.4, 0.5) is 0 Å². The molecule has 0 aromatic heterocycles. The summed E-state index contributed by atoms with van der Waals surface area (Å²) >= 11 is 0. The zero-order valence-electron chi connectivity index (χ0n) is 8.77. The molecule has 0 aliphatic rings. The third kappa shape index (κ3) is 2.65. The van der Waals surface area contributed by atoms with Crippen molar-refractivity contribution in [2.45, 2.75) is 25.7 Å². The summed E-state index contributed by atoms with van der Waals surface area (Å²) in [6.07, 6.45) is 1.32. The predicted molar refractivity (Wildman–Crippen MR) is 57.6 cm³/mol. The molecule has 0 atom stereocenters. The Morgan fingerprint density at radius 3 is 1.56 bits per heavy atom. The van der Waals surface area contributed by atoms with Crippen molar-refractivity contribution in [3.8, 4) is 23.6 Å². The van der Waals surface area contributed by atoms with Gasteiger partial charge in [0, 0.05) is 24.0 Å². The molecule has 1 aromatic carbocycles. The topological polar surface area (TPSA) is 88.0 Å². The second-order valence-corrected chi connectivity index (χ2v) is 3.38. The molecular weight excluding hydrogens is 204 g/mol. The van der Waals surface area contributed by atoms with Gasteiger partial charge in [0.25, 0.3) is 0 Å². The predicted octanol–water partition coefficient (Wildman–Crippen LogP) is 2.01. The molecule has 1 aromatic rings. The van der Waals surface area contributed by atoms with Crippen molar-refractivity contribution >= 4 is 0 Å². The van der Waals surface area contributed by atoms with Crippen LogP contribution >= 0.6 is 0 Å².